The minimum Gasteiger partial charge on any atom is -0.494 e. The highest BCUT2D eigenvalue weighted by Gasteiger charge is 2.19. The minimum atomic E-state index is -0.772. The average Bonchev–Trinajstić information content (AvgIpc) is 3.01. The number of esters is 2. The lowest BCUT2D eigenvalue weighted by molar-refractivity contribution is -0.143. The van der Waals surface area contributed by atoms with E-state index < -0.39 is 11.9 Å². The fourth-order valence-corrected chi connectivity index (χ4v) is 4.14. The zero-order valence-corrected chi connectivity index (χ0v) is 26.2. The number of nitrogens with one attached hydrogen (secondary N) is 1. The van der Waals surface area contributed by atoms with Crippen LogP contribution in [0.3, 0.4) is 0 Å². The predicted octanol–water partition coefficient (Wildman–Crippen LogP) is 8.41. The number of anilines is 1. The topological polar surface area (TPSA) is 100 Å². The number of rotatable bonds is 22. The van der Waals surface area contributed by atoms with Crippen molar-refractivity contribution in [2.45, 2.75) is 97.8 Å². The van der Waals surface area contributed by atoms with Crippen molar-refractivity contribution in [3.05, 3.63) is 65.9 Å². The van der Waals surface area contributed by atoms with Gasteiger partial charge in [0.25, 0.3) is 5.91 Å². The Morgan fingerprint density at radius 3 is 1.88 bits per heavy atom. The Balaban J connectivity index is 2.09. The van der Waals surface area contributed by atoms with Crippen LogP contribution in [0.2, 0.25) is 0 Å². The summed E-state index contributed by atoms with van der Waals surface area (Å²) in [5, 5.41) is 2.83. The summed E-state index contributed by atoms with van der Waals surface area (Å²) in [5.74, 6) is -1.24. The molecule has 0 saturated heterocycles. The first-order valence-electron chi connectivity index (χ1n) is 15.8. The Morgan fingerprint density at radius 2 is 1.26 bits per heavy atom. The zero-order chi connectivity index (χ0) is 31.1. The van der Waals surface area contributed by atoms with E-state index >= 15 is 0 Å². The van der Waals surface area contributed by atoms with Crippen LogP contribution < -0.4 is 14.8 Å². The van der Waals surface area contributed by atoms with Crippen LogP contribution in [0.1, 0.15) is 108 Å². The standard InChI is InChI=1S/C35H49NO7/c1-4-7-10-15-24-40-29-22-20-28(21-23-29)34(38)36-30-18-13-14-19-31(30)43-32(35(39)42-26-17-12-9-6-3)27-33(37)41-25-16-11-8-5-2/h13-14,18-23,27H,4-12,15-17,24-26H2,1-3H3,(H,36,38)/b32-27-. The van der Waals surface area contributed by atoms with Crippen molar-refractivity contribution >= 4 is 23.5 Å². The van der Waals surface area contributed by atoms with Gasteiger partial charge in [-0.05, 0) is 55.7 Å². The summed E-state index contributed by atoms with van der Waals surface area (Å²) < 4.78 is 22.3. The van der Waals surface area contributed by atoms with Crippen molar-refractivity contribution < 1.29 is 33.3 Å². The molecule has 2 rings (SSSR count). The predicted molar refractivity (Wildman–Crippen MR) is 169 cm³/mol. The molecule has 43 heavy (non-hydrogen) atoms. The molecule has 0 fully saturated rings. The molecule has 0 unspecified atom stereocenters. The van der Waals surface area contributed by atoms with E-state index in [1.165, 1.54) is 12.8 Å². The number of benzene rings is 2. The van der Waals surface area contributed by atoms with E-state index in [0.29, 0.717) is 30.0 Å². The van der Waals surface area contributed by atoms with Crippen LogP contribution in [0.25, 0.3) is 0 Å². The van der Waals surface area contributed by atoms with Gasteiger partial charge in [0.1, 0.15) is 5.75 Å². The van der Waals surface area contributed by atoms with Crippen molar-refractivity contribution in [1.29, 1.82) is 0 Å². The second-order valence-corrected chi connectivity index (χ2v) is 10.4. The molecule has 0 radical (unpaired) electrons. The molecule has 2 aromatic carbocycles. The molecule has 0 heterocycles. The average molecular weight is 596 g/mol. The third-order valence-electron chi connectivity index (χ3n) is 6.66. The Bertz CT molecular complexity index is 1130. The highest BCUT2D eigenvalue weighted by Crippen LogP contribution is 2.27. The SMILES string of the molecule is CCCCCCOC(=O)/C=C(\Oc1ccccc1NC(=O)c1ccc(OCCCCCC)cc1)C(=O)OCCCCCC. The summed E-state index contributed by atoms with van der Waals surface area (Å²) in [6.07, 6.45) is 13.1. The molecule has 0 atom stereocenters. The van der Waals surface area contributed by atoms with Crippen molar-refractivity contribution in [3.63, 3.8) is 0 Å². The molecular weight excluding hydrogens is 546 g/mol. The number of carbonyl (C=O) groups excluding carboxylic acids is 3. The van der Waals surface area contributed by atoms with Gasteiger partial charge >= 0.3 is 11.9 Å². The van der Waals surface area contributed by atoms with E-state index in [2.05, 4.69) is 26.1 Å². The maximum absolute atomic E-state index is 13.0. The summed E-state index contributed by atoms with van der Waals surface area (Å²) >= 11 is 0. The molecule has 0 aliphatic rings. The van der Waals surface area contributed by atoms with Gasteiger partial charge in [0.15, 0.2) is 5.75 Å². The van der Waals surface area contributed by atoms with Crippen molar-refractivity contribution in [1.82, 2.24) is 0 Å². The van der Waals surface area contributed by atoms with Crippen LogP contribution in [-0.2, 0) is 19.1 Å². The molecule has 0 bridgehead atoms. The Hall–Kier alpha value is -3.81. The Kier molecular flexibility index (Phi) is 18.0. The molecular formula is C35H49NO7. The van der Waals surface area contributed by atoms with Gasteiger partial charge < -0.3 is 24.3 Å². The number of hydrogen-bond acceptors (Lipinski definition) is 7. The fraction of sp³-hybridized carbons (Fsp3) is 0.514. The fourth-order valence-electron chi connectivity index (χ4n) is 4.14. The second-order valence-electron chi connectivity index (χ2n) is 10.4. The zero-order valence-electron chi connectivity index (χ0n) is 26.2. The van der Waals surface area contributed by atoms with Crippen molar-refractivity contribution in [3.8, 4) is 11.5 Å². The van der Waals surface area contributed by atoms with Crippen LogP contribution in [-0.4, -0.2) is 37.7 Å². The quantitative estimate of drug-likeness (QED) is 0.0631. The van der Waals surface area contributed by atoms with Gasteiger partial charge in [-0.3, -0.25) is 4.79 Å². The summed E-state index contributed by atoms with van der Waals surface area (Å²) in [6, 6.07) is 13.6. The minimum absolute atomic E-state index is 0.188. The van der Waals surface area contributed by atoms with Gasteiger partial charge in [0.05, 0.1) is 31.6 Å². The van der Waals surface area contributed by atoms with Crippen LogP contribution in [0.4, 0.5) is 5.69 Å². The Morgan fingerprint density at radius 1 is 0.674 bits per heavy atom. The number of carbonyl (C=O) groups is 3. The van der Waals surface area contributed by atoms with Crippen LogP contribution in [0.5, 0.6) is 11.5 Å². The lowest BCUT2D eigenvalue weighted by Gasteiger charge is -2.14. The number of amides is 1. The lowest BCUT2D eigenvalue weighted by atomic mass is 10.2. The third-order valence-corrected chi connectivity index (χ3v) is 6.66. The van der Waals surface area contributed by atoms with E-state index in [1.54, 1.807) is 48.5 Å². The number of unbranched alkanes of at least 4 members (excludes halogenated alkanes) is 9. The first-order chi connectivity index (χ1) is 21.0. The summed E-state index contributed by atoms with van der Waals surface area (Å²) in [7, 11) is 0. The van der Waals surface area contributed by atoms with Crippen LogP contribution >= 0.6 is 0 Å². The summed E-state index contributed by atoms with van der Waals surface area (Å²) in [6.45, 7) is 7.48. The van der Waals surface area contributed by atoms with Crippen molar-refractivity contribution in [2.24, 2.45) is 0 Å². The largest absolute Gasteiger partial charge is 0.494 e. The van der Waals surface area contributed by atoms with Crippen LogP contribution in [0, 0.1) is 0 Å². The van der Waals surface area contributed by atoms with Gasteiger partial charge in [-0.2, -0.15) is 0 Å². The molecule has 0 saturated carbocycles. The maximum atomic E-state index is 13.0. The molecule has 8 nitrogen and oxygen atoms in total. The van der Waals surface area contributed by atoms with Gasteiger partial charge in [0, 0.05) is 5.56 Å². The summed E-state index contributed by atoms with van der Waals surface area (Å²) in [4.78, 5) is 38.5. The number of para-hydroxylation sites is 2. The first kappa shape index (κ1) is 35.4. The normalized spacial score (nSPS) is 11.1. The van der Waals surface area contributed by atoms with Crippen LogP contribution in [0.15, 0.2) is 60.4 Å². The molecule has 8 heteroatoms. The van der Waals surface area contributed by atoms with E-state index in [0.717, 1.165) is 63.9 Å². The van der Waals surface area contributed by atoms with E-state index in [9.17, 15) is 14.4 Å². The van der Waals surface area contributed by atoms with E-state index in [-0.39, 0.29) is 30.6 Å². The van der Waals surface area contributed by atoms with Crippen molar-refractivity contribution in [2.75, 3.05) is 25.1 Å². The smallest absolute Gasteiger partial charge is 0.374 e. The molecule has 0 spiro atoms. The van der Waals surface area contributed by atoms with E-state index in [4.69, 9.17) is 18.9 Å². The van der Waals surface area contributed by atoms with Gasteiger partial charge in [0.2, 0.25) is 5.76 Å². The second kappa shape index (κ2) is 21.8. The first-order valence-corrected chi connectivity index (χ1v) is 15.8. The van der Waals surface area contributed by atoms with Gasteiger partial charge in [-0.1, -0.05) is 90.7 Å². The highest BCUT2D eigenvalue weighted by molar-refractivity contribution is 6.05. The Labute approximate surface area is 257 Å². The summed E-state index contributed by atoms with van der Waals surface area (Å²) in [5.41, 5.74) is 0.764. The van der Waals surface area contributed by atoms with Gasteiger partial charge in [-0.25, -0.2) is 9.59 Å². The molecule has 1 amide bonds. The number of ether oxygens (including phenoxy) is 4. The third kappa shape index (κ3) is 14.8. The highest BCUT2D eigenvalue weighted by atomic mass is 16.6. The monoisotopic (exact) mass is 595 g/mol. The molecule has 2 aromatic rings. The number of hydrogen-bond donors (Lipinski definition) is 1. The van der Waals surface area contributed by atoms with E-state index in [1.807, 2.05) is 0 Å². The molecule has 0 aliphatic carbocycles. The molecule has 1 N–H and O–H groups in total. The van der Waals surface area contributed by atoms with Gasteiger partial charge in [-0.15, -0.1) is 0 Å². The maximum Gasteiger partial charge on any atom is 0.374 e. The molecule has 0 aromatic heterocycles. The molecule has 0 aliphatic heterocycles. The lowest BCUT2D eigenvalue weighted by Crippen LogP contribution is -2.18. The molecule has 236 valence electrons.